The number of benzene rings is 1. The van der Waals surface area contributed by atoms with Crippen molar-refractivity contribution in [2.45, 2.75) is 26.2 Å². The number of rotatable bonds is 9. The van der Waals surface area contributed by atoms with E-state index in [9.17, 15) is 9.18 Å². The van der Waals surface area contributed by atoms with Gasteiger partial charge in [0.15, 0.2) is 5.96 Å². The standard InChI is InChI=1S/C18H29FN4O2/c1-5-20-17(22-12-16(24)21-9-10-25-4)23-13-18(2,3)14-7-6-8-15(19)11-14/h6-8,11H,5,9-10,12-13H2,1-4H3,(H,21,24)(H2,20,22,23). The zero-order valence-electron chi connectivity index (χ0n) is 15.5. The number of halogens is 1. The summed E-state index contributed by atoms with van der Waals surface area (Å²) in [7, 11) is 1.58. The molecule has 0 bridgehead atoms. The number of carbonyl (C=O) groups excluding carboxylic acids is 1. The predicted molar refractivity (Wildman–Crippen MR) is 98.3 cm³/mol. The van der Waals surface area contributed by atoms with Crippen molar-refractivity contribution >= 4 is 11.9 Å². The lowest BCUT2D eigenvalue weighted by molar-refractivity contribution is -0.119. The van der Waals surface area contributed by atoms with Crippen LogP contribution in [0, 0.1) is 5.82 Å². The van der Waals surface area contributed by atoms with Gasteiger partial charge in [-0.25, -0.2) is 9.38 Å². The molecule has 6 nitrogen and oxygen atoms in total. The van der Waals surface area contributed by atoms with E-state index < -0.39 is 0 Å². The fraction of sp³-hybridized carbons (Fsp3) is 0.556. The second-order valence-corrected chi connectivity index (χ2v) is 6.29. The molecule has 1 aromatic rings. The molecule has 0 aliphatic carbocycles. The monoisotopic (exact) mass is 352 g/mol. The molecule has 0 aromatic heterocycles. The number of nitrogens with zero attached hydrogens (tertiary/aromatic N) is 1. The molecule has 0 radical (unpaired) electrons. The summed E-state index contributed by atoms with van der Waals surface area (Å²) in [4.78, 5) is 16.0. The molecule has 7 heteroatoms. The lowest BCUT2D eigenvalue weighted by Gasteiger charge is -2.26. The van der Waals surface area contributed by atoms with Crippen molar-refractivity contribution in [1.29, 1.82) is 0 Å². The molecule has 0 saturated carbocycles. The van der Waals surface area contributed by atoms with Crippen molar-refractivity contribution in [3.05, 3.63) is 35.6 Å². The molecule has 1 rings (SSSR count). The van der Waals surface area contributed by atoms with Crippen molar-refractivity contribution in [3.63, 3.8) is 0 Å². The Labute approximate surface area is 149 Å². The van der Waals surface area contributed by atoms with Gasteiger partial charge in [0.2, 0.25) is 5.91 Å². The van der Waals surface area contributed by atoms with Crippen molar-refractivity contribution in [3.8, 4) is 0 Å². The van der Waals surface area contributed by atoms with Crippen molar-refractivity contribution < 1.29 is 13.9 Å². The first-order valence-corrected chi connectivity index (χ1v) is 8.43. The van der Waals surface area contributed by atoms with E-state index in [2.05, 4.69) is 20.9 Å². The highest BCUT2D eigenvalue weighted by atomic mass is 19.1. The average molecular weight is 352 g/mol. The van der Waals surface area contributed by atoms with Gasteiger partial charge in [-0.1, -0.05) is 26.0 Å². The van der Waals surface area contributed by atoms with Crippen LogP contribution in [0.3, 0.4) is 0 Å². The minimum atomic E-state index is -0.293. The third kappa shape index (κ3) is 7.98. The Morgan fingerprint density at radius 3 is 2.68 bits per heavy atom. The highest BCUT2D eigenvalue weighted by molar-refractivity contribution is 5.84. The van der Waals surface area contributed by atoms with Gasteiger partial charge in [-0.05, 0) is 24.6 Å². The van der Waals surface area contributed by atoms with Gasteiger partial charge in [-0.2, -0.15) is 0 Å². The average Bonchev–Trinajstić information content (AvgIpc) is 2.57. The third-order valence-corrected chi connectivity index (χ3v) is 3.66. The van der Waals surface area contributed by atoms with Gasteiger partial charge in [0.1, 0.15) is 12.4 Å². The molecular formula is C18H29FN4O2. The molecular weight excluding hydrogens is 323 g/mol. The van der Waals surface area contributed by atoms with Gasteiger partial charge in [0.05, 0.1) is 6.61 Å². The Morgan fingerprint density at radius 2 is 2.04 bits per heavy atom. The van der Waals surface area contributed by atoms with Crippen molar-refractivity contribution in [2.24, 2.45) is 4.99 Å². The summed E-state index contributed by atoms with van der Waals surface area (Å²) in [6, 6.07) is 6.57. The SMILES string of the molecule is CCNC(=NCC(=O)NCCOC)NCC(C)(C)c1cccc(F)c1. The molecule has 0 atom stereocenters. The molecule has 3 N–H and O–H groups in total. The summed E-state index contributed by atoms with van der Waals surface area (Å²) in [6.45, 7) is 8.18. The second-order valence-electron chi connectivity index (χ2n) is 6.29. The number of nitrogens with one attached hydrogen (secondary N) is 3. The Morgan fingerprint density at radius 1 is 1.28 bits per heavy atom. The summed E-state index contributed by atoms with van der Waals surface area (Å²) in [5, 5.41) is 9.03. The van der Waals surface area contributed by atoms with Crippen LogP contribution in [-0.4, -0.2) is 51.8 Å². The van der Waals surface area contributed by atoms with E-state index in [-0.39, 0.29) is 23.7 Å². The zero-order valence-corrected chi connectivity index (χ0v) is 15.5. The van der Waals surface area contributed by atoms with Gasteiger partial charge in [-0.3, -0.25) is 4.79 Å². The van der Waals surface area contributed by atoms with E-state index in [4.69, 9.17) is 4.74 Å². The van der Waals surface area contributed by atoms with Crippen LogP contribution in [0.5, 0.6) is 0 Å². The number of amides is 1. The first-order chi connectivity index (χ1) is 11.9. The van der Waals surface area contributed by atoms with Crippen LogP contribution < -0.4 is 16.0 Å². The van der Waals surface area contributed by atoms with Gasteiger partial charge in [0, 0.05) is 32.2 Å². The zero-order chi connectivity index (χ0) is 18.7. The van der Waals surface area contributed by atoms with Crippen LogP contribution in [0.2, 0.25) is 0 Å². The van der Waals surface area contributed by atoms with Crippen LogP contribution >= 0.6 is 0 Å². The topological polar surface area (TPSA) is 74.8 Å². The maximum atomic E-state index is 13.4. The molecule has 0 aliphatic rings. The molecule has 0 fully saturated rings. The normalized spacial score (nSPS) is 12.0. The number of aliphatic imine (C=N–C) groups is 1. The van der Waals surface area contributed by atoms with Crippen molar-refractivity contribution in [2.75, 3.05) is 39.9 Å². The maximum absolute atomic E-state index is 13.4. The van der Waals surface area contributed by atoms with Crippen LogP contribution in [0.4, 0.5) is 4.39 Å². The Bertz CT molecular complexity index is 576. The largest absolute Gasteiger partial charge is 0.383 e. The Balaban J connectivity index is 2.61. The number of guanidine groups is 1. The van der Waals surface area contributed by atoms with Gasteiger partial charge < -0.3 is 20.7 Å². The van der Waals surface area contributed by atoms with E-state index in [0.717, 1.165) is 5.56 Å². The highest BCUT2D eigenvalue weighted by Gasteiger charge is 2.21. The molecule has 0 unspecified atom stereocenters. The van der Waals surface area contributed by atoms with E-state index >= 15 is 0 Å². The number of methoxy groups -OCH3 is 1. The van der Waals surface area contributed by atoms with Crippen molar-refractivity contribution in [1.82, 2.24) is 16.0 Å². The summed E-state index contributed by atoms with van der Waals surface area (Å²) >= 11 is 0. The maximum Gasteiger partial charge on any atom is 0.241 e. The number of hydrogen-bond acceptors (Lipinski definition) is 3. The number of hydrogen-bond donors (Lipinski definition) is 3. The summed E-state index contributed by atoms with van der Waals surface area (Å²) in [5.41, 5.74) is 0.604. The van der Waals surface area contributed by atoms with Gasteiger partial charge >= 0.3 is 0 Å². The quantitative estimate of drug-likeness (QED) is 0.357. The fourth-order valence-electron chi connectivity index (χ4n) is 2.16. The molecule has 1 aromatic carbocycles. The lowest BCUT2D eigenvalue weighted by Crippen LogP contribution is -2.44. The predicted octanol–water partition coefficient (Wildman–Crippen LogP) is 1.42. The van der Waals surface area contributed by atoms with Gasteiger partial charge in [0.25, 0.3) is 0 Å². The molecule has 0 spiro atoms. The first-order valence-electron chi connectivity index (χ1n) is 8.43. The highest BCUT2D eigenvalue weighted by Crippen LogP contribution is 2.22. The molecule has 0 aliphatic heterocycles. The first kappa shape index (κ1) is 20.9. The van der Waals surface area contributed by atoms with Crippen LogP contribution in [-0.2, 0) is 14.9 Å². The summed E-state index contributed by atoms with van der Waals surface area (Å²) in [6.07, 6.45) is 0. The Kier molecular flexibility index (Phi) is 8.91. The van der Waals surface area contributed by atoms with E-state index in [0.29, 0.717) is 32.2 Å². The van der Waals surface area contributed by atoms with E-state index in [1.54, 1.807) is 13.2 Å². The summed E-state index contributed by atoms with van der Waals surface area (Å²) in [5.74, 6) is 0.131. The molecule has 140 valence electrons. The Hall–Kier alpha value is -2.15. The van der Waals surface area contributed by atoms with Crippen LogP contribution in [0.25, 0.3) is 0 Å². The van der Waals surface area contributed by atoms with E-state index in [1.807, 2.05) is 26.8 Å². The van der Waals surface area contributed by atoms with Crippen LogP contribution in [0.1, 0.15) is 26.3 Å². The van der Waals surface area contributed by atoms with E-state index in [1.165, 1.54) is 12.1 Å². The smallest absolute Gasteiger partial charge is 0.241 e. The third-order valence-electron chi connectivity index (χ3n) is 3.66. The minimum Gasteiger partial charge on any atom is -0.383 e. The minimum absolute atomic E-state index is 0.0272. The van der Waals surface area contributed by atoms with Gasteiger partial charge in [-0.15, -0.1) is 0 Å². The number of carbonyl (C=O) groups is 1. The molecule has 25 heavy (non-hydrogen) atoms. The van der Waals surface area contributed by atoms with Crippen LogP contribution in [0.15, 0.2) is 29.3 Å². The fourth-order valence-corrected chi connectivity index (χ4v) is 2.16. The lowest BCUT2D eigenvalue weighted by atomic mass is 9.84. The molecule has 0 saturated heterocycles. The molecule has 0 heterocycles. The number of ether oxygens (including phenoxy) is 1. The molecule has 1 amide bonds. The summed E-state index contributed by atoms with van der Waals surface area (Å²) < 4.78 is 18.3. The second kappa shape index (κ2) is 10.7.